The first-order chi connectivity index (χ1) is 9.16. The van der Waals surface area contributed by atoms with Crippen molar-refractivity contribution < 1.29 is 9.31 Å². The normalized spacial score (nSPS) is 10.6. The average Bonchev–Trinajstić information content (AvgIpc) is 2.85. The number of hydrogen-bond acceptors (Lipinski definition) is 4. The van der Waals surface area contributed by atoms with E-state index < -0.39 is 4.92 Å². The van der Waals surface area contributed by atoms with E-state index in [2.05, 4.69) is 5.32 Å². The van der Waals surface area contributed by atoms with Crippen LogP contribution in [0.4, 0.5) is 9.39 Å². The Kier molecular flexibility index (Phi) is 4.59. The van der Waals surface area contributed by atoms with E-state index in [1.165, 1.54) is 12.1 Å². The molecular weight excluding hydrogens is 267 g/mol. The number of benzene rings is 1. The Hall–Kier alpha value is -1.79. The molecule has 1 aromatic carbocycles. The third-order valence-corrected chi connectivity index (χ3v) is 3.69. The minimum Gasteiger partial charge on any atom is -0.312 e. The van der Waals surface area contributed by atoms with E-state index in [0.717, 1.165) is 16.2 Å². The molecule has 1 aromatic heterocycles. The highest BCUT2D eigenvalue weighted by Gasteiger charge is 2.09. The second kappa shape index (κ2) is 6.40. The van der Waals surface area contributed by atoms with Gasteiger partial charge in [0.05, 0.1) is 4.92 Å². The number of nitrogens with one attached hydrogen (secondary N) is 1. The lowest BCUT2D eigenvalue weighted by molar-refractivity contribution is -0.380. The second-order valence-electron chi connectivity index (χ2n) is 4.02. The van der Waals surface area contributed by atoms with Gasteiger partial charge in [0.25, 0.3) is 0 Å². The molecule has 0 unspecified atom stereocenters. The van der Waals surface area contributed by atoms with Gasteiger partial charge in [-0.3, -0.25) is 10.1 Å². The molecule has 0 aliphatic rings. The van der Waals surface area contributed by atoms with Crippen LogP contribution in [-0.2, 0) is 13.0 Å². The molecule has 100 valence electrons. The van der Waals surface area contributed by atoms with Crippen LogP contribution in [-0.4, -0.2) is 11.5 Å². The van der Waals surface area contributed by atoms with Crippen LogP contribution in [0.5, 0.6) is 0 Å². The lowest BCUT2D eigenvalue weighted by atomic mass is 10.1. The van der Waals surface area contributed by atoms with Gasteiger partial charge in [-0.25, -0.2) is 4.39 Å². The first kappa shape index (κ1) is 13.6. The highest BCUT2D eigenvalue weighted by atomic mass is 32.1. The summed E-state index contributed by atoms with van der Waals surface area (Å²) in [6.07, 6.45) is 0.597. The Morgan fingerprint density at radius 2 is 2.05 bits per heavy atom. The molecule has 2 rings (SSSR count). The summed E-state index contributed by atoms with van der Waals surface area (Å²) in [5.74, 6) is -0.198. The highest BCUT2D eigenvalue weighted by molar-refractivity contribution is 7.15. The van der Waals surface area contributed by atoms with Crippen molar-refractivity contribution in [3.8, 4) is 0 Å². The minimum atomic E-state index is -0.395. The maximum atomic E-state index is 13.3. The number of nitro groups is 1. The summed E-state index contributed by atoms with van der Waals surface area (Å²) in [5, 5.41) is 13.8. The van der Waals surface area contributed by atoms with Gasteiger partial charge in [-0.05, 0) is 30.7 Å². The van der Waals surface area contributed by atoms with Gasteiger partial charge in [0.15, 0.2) is 0 Å². The molecule has 0 radical (unpaired) electrons. The maximum absolute atomic E-state index is 13.3. The van der Waals surface area contributed by atoms with Crippen LogP contribution < -0.4 is 5.32 Å². The smallest absolute Gasteiger partial charge is 0.312 e. The molecule has 2 aromatic rings. The molecule has 0 atom stereocenters. The van der Waals surface area contributed by atoms with Gasteiger partial charge in [-0.15, -0.1) is 0 Å². The Bertz CT molecular complexity index is 571. The van der Waals surface area contributed by atoms with Crippen LogP contribution >= 0.6 is 11.3 Å². The Morgan fingerprint density at radius 3 is 2.74 bits per heavy atom. The van der Waals surface area contributed by atoms with Gasteiger partial charge in [-0.1, -0.05) is 29.5 Å². The molecule has 19 heavy (non-hydrogen) atoms. The summed E-state index contributed by atoms with van der Waals surface area (Å²) in [5.41, 5.74) is 0.673. The highest BCUT2D eigenvalue weighted by Crippen LogP contribution is 2.23. The van der Waals surface area contributed by atoms with E-state index >= 15 is 0 Å². The zero-order valence-electron chi connectivity index (χ0n) is 10.1. The Morgan fingerprint density at radius 1 is 1.26 bits per heavy atom. The predicted molar refractivity (Wildman–Crippen MR) is 72.8 cm³/mol. The lowest BCUT2D eigenvalue weighted by Crippen LogP contribution is -2.16. The minimum absolute atomic E-state index is 0.144. The topological polar surface area (TPSA) is 55.2 Å². The quantitative estimate of drug-likeness (QED) is 0.502. The molecule has 1 N–H and O–H groups in total. The number of nitrogens with zero attached hydrogens (tertiary/aromatic N) is 1. The van der Waals surface area contributed by atoms with Crippen LogP contribution in [0.1, 0.15) is 10.4 Å². The van der Waals surface area contributed by atoms with Gasteiger partial charge in [-0.2, -0.15) is 0 Å². The van der Waals surface area contributed by atoms with Crippen LogP contribution in [0, 0.1) is 15.9 Å². The maximum Gasteiger partial charge on any atom is 0.324 e. The van der Waals surface area contributed by atoms with Gasteiger partial charge >= 0.3 is 5.00 Å². The van der Waals surface area contributed by atoms with Crippen LogP contribution in [0.3, 0.4) is 0 Å². The molecule has 0 amide bonds. The number of rotatable bonds is 6. The molecule has 0 saturated heterocycles. The molecular formula is C13H13FN2O2S. The van der Waals surface area contributed by atoms with Crippen molar-refractivity contribution in [2.24, 2.45) is 0 Å². The summed E-state index contributed by atoms with van der Waals surface area (Å²) in [7, 11) is 0. The summed E-state index contributed by atoms with van der Waals surface area (Å²) in [6, 6.07) is 9.90. The van der Waals surface area contributed by atoms with Crippen molar-refractivity contribution in [2.75, 3.05) is 6.54 Å². The molecule has 0 aliphatic carbocycles. The van der Waals surface area contributed by atoms with Crippen molar-refractivity contribution in [2.45, 2.75) is 13.0 Å². The standard InChI is InChI=1S/C13H13FN2O2S/c14-12-4-2-1-3-10(12)7-8-15-9-11-5-6-13(19-11)16(17)18/h1-6,15H,7-9H2. The molecule has 4 nitrogen and oxygen atoms in total. The Balaban J connectivity index is 1.77. The van der Waals surface area contributed by atoms with E-state index in [1.54, 1.807) is 24.3 Å². The van der Waals surface area contributed by atoms with Crippen molar-refractivity contribution >= 4 is 16.3 Å². The summed E-state index contributed by atoms with van der Waals surface area (Å²) in [6.45, 7) is 1.19. The van der Waals surface area contributed by atoms with Crippen molar-refractivity contribution in [3.63, 3.8) is 0 Å². The average molecular weight is 280 g/mol. The lowest BCUT2D eigenvalue weighted by Gasteiger charge is -2.04. The summed E-state index contributed by atoms with van der Waals surface area (Å²) >= 11 is 1.15. The van der Waals surface area contributed by atoms with Crippen molar-refractivity contribution in [1.29, 1.82) is 0 Å². The molecule has 0 fully saturated rings. The fraction of sp³-hybridized carbons (Fsp3) is 0.231. The van der Waals surface area contributed by atoms with E-state index in [0.29, 0.717) is 25.1 Å². The Labute approximate surface area is 114 Å². The molecule has 0 saturated carbocycles. The molecule has 0 aliphatic heterocycles. The van der Waals surface area contributed by atoms with E-state index in [4.69, 9.17) is 0 Å². The largest absolute Gasteiger partial charge is 0.324 e. The molecule has 6 heteroatoms. The zero-order chi connectivity index (χ0) is 13.7. The summed E-state index contributed by atoms with van der Waals surface area (Å²) in [4.78, 5) is 11.0. The van der Waals surface area contributed by atoms with Gasteiger partial charge < -0.3 is 5.32 Å². The van der Waals surface area contributed by atoms with Crippen molar-refractivity contribution in [1.82, 2.24) is 5.32 Å². The predicted octanol–water partition coefficient (Wildman–Crippen LogP) is 3.13. The van der Waals surface area contributed by atoms with Gasteiger partial charge in [0.1, 0.15) is 5.82 Å². The van der Waals surface area contributed by atoms with E-state index in [-0.39, 0.29) is 10.8 Å². The molecule has 1 heterocycles. The molecule has 0 bridgehead atoms. The van der Waals surface area contributed by atoms with Crippen LogP contribution in [0.15, 0.2) is 36.4 Å². The fourth-order valence-corrected chi connectivity index (χ4v) is 2.49. The monoisotopic (exact) mass is 280 g/mol. The summed E-state index contributed by atoms with van der Waals surface area (Å²) < 4.78 is 13.3. The van der Waals surface area contributed by atoms with Crippen LogP contribution in [0.25, 0.3) is 0 Å². The first-order valence-corrected chi connectivity index (χ1v) is 6.65. The van der Waals surface area contributed by atoms with E-state index in [9.17, 15) is 14.5 Å². The van der Waals surface area contributed by atoms with Crippen LogP contribution in [0.2, 0.25) is 0 Å². The zero-order valence-corrected chi connectivity index (χ0v) is 11.0. The first-order valence-electron chi connectivity index (χ1n) is 5.84. The van der Waals surface area contributed by atoms with Gasteiger partial charge in [0.2, 0.25) is 0 Å². The van der Waals surface area contributed by atoms with E-state index in [1.807, 2.05) is 0 Å². The van der Waals surface area contributed by atoms with Crippen molar-refractivity contribution in [3.05, 3.63) is 62.8 Å². The number of thiophene rings is 1. The number of halogens is 1. The molecule has 0 spiro atoms. The van der Waals surface area contributed by atoms with Gasteiger partial charge in [0, 0.05) is 17.5 Å². The number of hydrogen-bond donors (Lipinski definition) is 1. The second-order valence-corrected chi connectivity index (χ2v) is 5.16. The SMILES string of the molecule is O=[N+]([O-])c1ccc(CNCCc2ccccc2F)s1. The third kappa shape index (κ3) is 3.84. The third-order valence-electron chi connectivity index (χ3n) is 2.66. The fourth-order valence-electron chi connectivity index (χ4n) is 1.70.